The molecule has 192 valence electrons. The molecule has 1 heterocycles. The van der Waals surface area contributed by atoms with Gasteiger partial charge in [-0.15, -0.1) is 0 Å². The molecule has 4 rings (SSSR count). The highest BCUT2D eigenvalue weighted by Gasteiger charge is 2.46. The Morgan fingerprint density at radius 2 is 1.78 bits per heavy atom. The molecule has 0 aromatic heterocycles. The standard InChI is InChI=1S/C30H30ClNO5/c1-4-37-25-13-10-21(17-24(25)18(2)3)28(34)26-27(20-6-5-7-23(33)16-20)32(30(36)29(26)35)15-14-19-8-11-22(31)12-9-19/h5-13,16-18,27,33-34H,4,14-15H2,1-3H3/b28-26-. The number of aromatic hydroxyl groups is 1. The van der Waals surface area contributed by atoms with Crippen molar-refractivity contribution in [2.24, 2.45) is 0 Å². The first kappa shape index (κ1) is 26.3. The van der Waals surface area contributed by atoms with E-state index in [9.17, 15) is 19.8 Å². The number of aliphatic hydroxyl groups excluding tert-OH is 1. The molecule has 1 aliphatic rings. The van der Waals surface area contributed by atoms with Crippen LogP contribution < -0.4 is 4.74 Å². The molecule has 1 aliphatic heterocycles. The number of hydrogen-bond donors (Lipinski definition) is 2. The first-order valence-electron chi connectivity index (χ1n) is 12.3. The largest absolute Gasteiger partial charge is 0.508 e. The molecule has 7 heteroatoms. The summed E-state index contributed by atoms with van der Waals surface area (Å²) in [6, 6.07) is 18.1. The molecule has 1 amide bonds. The topological polar surface area (TPSA) is 87.1 Å². The van der Waals surface area contributed by atoms with Crippen LogP contribution in [0.1, 0.15) is 55.0 Å². The van der Waals surface area contributed by atoms with Crippen LogP contribution in [0.4, 0.5) is 0 Å². The number of carbonyl (C=O) groups excluding carboxylic acids is 2. The van der Waals surface area contributed by atoms with Gasteiger partial charge in [0.25, 0.3) is 11.7 Å². The van der Waals surface area contributed by atoms with Gasteiger partial charge in [0.05, 0.1) is 18.2 Å². The highest BCUT2D eigenvalue weighted by atomic mass is 35.5. The van der Waals surface area contributed by atoms with Crippen LogP contribution >= 0.6 is 11.6 Å². The summed E-state index contributed by atoms with van der Waals surface area (Å²) in [4.78, 5) is 28.0. The molecule has 3 aromatic rings. The minimum Gasteiger partial charge on any atom is -0.508 e. The molecule has 1 fully saturated rings. The Labute approximate surface area is 221 Å². The second-order valence-electron chi connectivity index (χ2n) is 9.30. The summed E-state index contributed by atoms with van der Waals surface area (Å²) in [5.74, 6) is -0.893. The number of Topliss-reactive ketones (excluding diaryl/α,β-unsaturated/α-hetero) is 1. The molecule has 1 atom stereocenters. The molecule has 2 N–H and O–H groups in total. The molecular formula is C30H30ClNO5. The number of aliphatic hydroxyl groups is 1. The molecule has 0 bridgehead atoms. The minimum absolute atomic E-state index is 0.00366. The minimum atomic E-state index is -0.853. The van der Waals surface area contributed by atoms with Gasteiger partial charge < -0.3 is 19.8 Å². The lowest BCUT2D eigenvalue weighted by atomic mass is 9.93. The Balaban J connectivity index is 1.80. The highest BCUT2D eigenvalue weighted by molar-refractivity contribution is 6.46. The van der Waals surface area contributed by atoms with Crippen molar-refractivity contribution in [1.82, 2.24) is 4.90 Å². The third kappa shape index (κ3) is 5.49. The van der Waals surface area contributed by atoms with E-state index in [0.717, 1.165) is 11.1 Å². The summed E-state index contributed by atoms with van der Waals surface area (Å²) < 4.78 is 5.74. The van der Waals surface area contributed by atoms with Crippen LogP contribution in [0.15, 0.2) is 72.3 Å². The SMILES string of the molecule is CCOc1ccc(/C(O)=C2/C(=O)C(=O)N(CCc3ccc(Cl)cc3)C2c2cccc(O)c2)cc1C(C)C. The average Bonchev–Trinajstić information content (AvgIpc) is 3.13. The molecule has 0 aliphatic carbocycles. The zero-order valence-electron chi connectivity index (χ0n) is 21.1. The second-order valence-corrected chi connectivity index (χ2v) is 9.74. The number of phenolic OH excluding ortho intramolecular Hbond substituents is 1. The maximum absolute atomic E-state index is 13.3. The van der Waals surface area contributed by atoms with Crippen LogP contribution in [0.5, 0.6) is 11.5 Å². The molecule has 0 saturated carbocycles. The lowest BCUT2D eigenvalue weighted by molar-refractivity contribution is -0.139. The molecule has 6 nitrogen and oxygen atoms in total. The zero-order chi connectivity index (χ0) is 26.7. The number of halogens is 1. The van der Waals surface area contributed by atoms with Crippen molar-refractivity contribution in [2.45, 2.75) is 39.2 Å². The molecule has 1 saturated heterocycles. The molecular weight excluding hydrogens is 490 g/mol. The fraction of sp³-hybridized carbons (Fsp3) is 0.267. The first-order chi connectivity index (χ1) is 17.7. The summed E-state index contributed by atoms with van der Waals surface area (Å²) in [5, 5.41) is 22.2. The number of nitrogens with zero attached hydrogens (tertiary/aromatic N) is 1. The maximum atomic E-state index is 13.3. The normalized spacial score (nSPS) is 17.0. The number of ether oxygens (including phenoxy) is 1. The number of ketones is 1. The maximum Gasteiger partial charge on any atom is 0.295 e. The van der Waals surface area contributed by atoms with Crippen molar-refractivity contribution >= 4 is 29.1 Å². The van der Waals surface area contributed by atoms with Crippen molar-refractivity contribution in [3.8, 4) is 11.5 Å². The van der Waals surface area contributed by atoms with E-state index in [1.54, 1.807) is 42.5 Å². The van der Waals surface area contributed by atoms with Gasteiger partial charge in [-0.1, -0.05) is 49.7 Å². The van der Waals surface area contributed by atoms with E-state index in [1.165, 1.54) is 17.0 Å². The fourth-order valence-corrected chi connectivity index (χ4v) is 4.77. The Morgan fingerprint density at radius 3 is 2.43 bits per heavy atom. The van der Waals surface area contributed by atoms with Crippen molar-refractivity contribution in [2.75, 3.05) is 13.2 Å². The van der Waals surface area contributed by atoms with Gasteiger partial charge >= 0.3 is 0 Å². The Morgan fingerprint density at radius 1 is 1.05 bits per heavy atom. The van der Waals surface area contributed by atoms with E-state index in [0.29, 0.717) is 34.9 Å². The number of phenols is 1. The predicted octanol–water partition coefficient (Wildman–Crippen LogP) is 6.23. The number of likely N-dealkylation sites (tertiary alicyclic amines) is 1. The quantitative estimate of drug-likeness (QED) is 0.209. The summed E-state index contributed by atoms with van der Waals surface area (Å²) in [6.45, 7) is 6.68. The van der Waals surface area contributed by atoms with E-state index in [-0.39, 0.29) is 29.5 Å². The van der Waals surface area contributed by atoms with E-state index in [1.807, 2.05) is 32.9 Å². The van der Waals surface area contributed by atoms with Gasteiger partial charge in [0.2, 0.25) is 0 Å². The van der Waals surface area contributed by atoms with Crippen molar-refractivity contribution < 1.29 is 24.5 Å². The average molecular weight is 520 g/mol. The molecule has 37 heavy (non-hydrogen) atoms. The Kier molecular flexibility index (Phi) is 7.89. The molecule has 3 aromatic carbocycles. The van der Waals surface area contributed by atoms with Crippen molar-refractivity contribution in [1.29, 1.82) is 0 Å². The van der Waals surface area contributed by atoms with Gasteiger partial charge in [0.15, 0.2) is 0 Å². The van der Waals surface area contributed by atoms with Crippen LogP contribution in [0.2, 0.25) is 5.02 Å². The van der Waals surface area contributed by atoms with Gasteiger partial charge in [0.1, 0.15) is 17.3 Å². The zero-order valence-corrected chi connectivity index (χ0v) is 21.8. The lowest BCUT2D eigenvalue weighted by Gasteiger charge is -2.25. The predicted molar refractivity (Wildman–Crippen MR) is 144 cm³/mol. The van der Waals surface area contributed by atoms with Gasteiger partial charge in [0, 0.05) is 17.1 Å². The van der Waals surface area contributed by atoms with Crippen LogP contribution in [0.3, 0.4) is 0 Å². The summed E-state index contributed by atoms with van der Waals surface area (Å²) in [5.41, 5.74) is 2.79. The number of carbonyl (C=O) groups is 2. The Hall–Kier alpha value is -3.77. The highest BCUT2D eigenvalue weighted by Crippen LogP contribution is 2.41. The molecule has 0 spiro atoms. The number of hydrogen-bond acceptors (Lipinski definition) is 5. The van der Waals surface area contributed by atoms with Gasteiger partial charge in [-0.25, -0.2) is 0 Å². The monoisotopic (exact) mass is 519 g/mol. The van der Waals surface area contributed by atoms with Crippen LogP contribution in [-0.2, 0) is 16.0 Å². The van der Waals surface area contributed by atoms with E-state index in [4.69, 9.17) is 16.3 Å². The van der Waals surface area contributed by atoms with Gasteiger partial charge in [-0.2, -0.15) is 0 Å². The summed E-state index contributed by atoms with van der Waals surface area (Å²) in [7, 11) is 0. The van der Waals surface area contributed by atoms with E-state index < -0.39 is 17.7 Å². The second kappa shape index (κ2) is 11.1. The number of amides is 1. The number of benzene rings is 3. The molecule has 1 unspecified atom stereocenters. The van der Waals surface area contributed by atoms with Gasteiger partial charge in [-0.3, -0.25) is 9.59 Å². The smallest absolute Gasteiger partial charge is 0.295 e. The van der Waals surface area contributed by atoms with Crippen molar-refractivity contribution in [3.05, 3.63) is 99.6 Å². The molecule has 0 radical (unpaired) electrons. The van der Waals surface area contributed by atoms with Crippen molar-refractivity contribution in [3.63, 3.8) is 0 Å². The van der Waals surface area contributed by atoms with Crippen LogP contribution in [0.25, 0.3) is 5.76 Å². The van der Waals surface area contributed by atoms with Crippen LogP contribution in [-0.4, -0.2) is 40.0 Å². The van der Waals surface area contributed by atoms with Crippen LogP contribution in [0, 0.1) is 0 Å². The lowest BCUT2D eigenvalue weighted by Crippen LogP contribution is -2.31. The third-order valence-corrected chi connectivity index (χ3v) is 6.74. The summed E-state index contributed by atoms with van der Waals surface area (Å²) >= 11 is 5.99. The van der Waals surface area contributed by atoms with E-state index in [2.05, 4.69) is 0 Å². The fourth-order valence-electron chi connectivity index (χ4n) is 4.64. The van der Waals surface area contributed by atoms with E-state index >= 15 is 0 Å². The van der Waals surface area contributed by atoms with Gasteiger partial charge in [-0.05, 0) is 78.4 Å². The third-order valence-electron chi connectivity index (χ3n) is 6.49. The Bertz CT molecular complexity index is 1350. The number of rotatable bonds is 8. The first-order valence-corrected chi connectivity index (χ1v) is 12.7. The summed E-state index contributed by atoms with van der Waals surface area (Å²) in [6.07, 6.45) is 0.486.